The lowest BCUT2D eigenvalue weighted by atomic mass is 9.98. The minimum absolute atomic E-state index is 0.122. The van der Waals surface area contributed by atoms with Gasteiger partial charge in [-0.25, -0.2) is 0 Å². The van der Waals surface area contributed by atoms with Crippen molar-refractivity contribution in [2.45, 2.75) is 26.7 Å². The van der Waals surface area contributed by atoms with Crippen molar-refractivity contribution in [2.24, 2.45) is 5.92 Å². The summed E-state index contributed by atoms with van der Waals surface area (Å²) in [5, 5.41) is 8.79. The van der Waals surface area contributed by atoms with Gasteiger partial charge >= 0.3 is 5.97 Å². The Labute approximate surface area is 139 Å². The van der Waals surface area contributed by atoms with Crippen molar-refractivity contribution in [1.82, 2.24) is 0 Å². The number of rotatable bonds is 6. The molecule has 116 valence electrons. The summed E-state index contributed by atoms with van der Waals surface area (Å²) in [6, 6.07) is 13.7. The van der Waals surface area contributed by atoms with Crippen LogP contribution in [0.4, 0.5) is 0 Å². The molecule has 0 saturated heterocycles. The molecule has 22 heavy (non-hydrogen) atoms. The van der Waals surface area contributed by atoms with Crippen molar-refractivity contribution in [2.75, 3.05) is 0 Å². The predicted molar refractivity (Wildman–Crippen MR) is 90.5 cm³/mol. The zero-order valence-corrected chi connectivity index (χ0v) is 14.3. The molecule has 0 aliphatic heterocycles. The van der Waals surface area contributed by atoms with Crippen molar-refractivity contribution >= 4 is 21.9 Å². The third-order valence-corrected chi connectivity index (χ3v) is 4.34. The largest absolute Gasteiger partial charge is 0.481 e. The van der Waals surface area contributed by atoms with Gasteiger partial charge in [0.1, 0.15) is 11.5 Å². The van der Waals surface area contributed by atoms with E-state index >= 15 is 0 Å². The minimum atomic E-state index is -0.752. The van der Waals surface area contributed by atoms with E-state index in [-0.39, 0.29) is 12.3 Å². The van der Waals surface area contributed by atoms with Crippen molar-refractivity contribution in [1.29, 1.82) is 0 Å². The van der Waals surface area contributed by atoms with E-state index in [0.29, 0.717) is 0 Å². The molecule has 4 heteroatoms. The summed E-state index contributed by atoms with van der Waals surface area (Å²) in [7, 11) is 0. The normalized spacial score (nSPS) is 12.0. The highest BCUT2D eigenvalue weighted by Gasteiger charge is 2.09. The average Bonchev–Trinajstić information content (AvgIpc) is 2.45. The summed E-state index contributed by atoms with van der Waals surface area (Å²) in [4.78, 5) is 10.7. The fourth-order valence-electron chi connectivity index (χ4n) is 2.29. The Morgan fingerprint density at radius 1 is 1.23 bits per heavy atom. The SMILES string of the molecule is Cc1c(Br)cccc1Oc1ccc(CC(C)CC(=O)O)cc1. The smallest absolute Gasteiger partial charge is 0.303 e. The summed E-state index contributed by atoms with van der Waals surface area (Å²) in [5.41, 5.74) is 2.17. The quantitative estimate of drug-likeness (QED) is 0.767. The zero-order valence-electron chi connectivity index (χ0n) is 12.7. The van der Waals surface area contributed by atoms with Crippen LogP contribution in [-0.4, -0.2) is 11.1 Å². The van der Waals surface area contributed by atoms with Crippen LogP contribution in [0.15, 0.2) is 46.9 Å². The van der Waals surface area contributed by atoms with Crippen LogP contribution in [-0.2, 0) is 11.2 Å². The molecule has 1 atom stereocenters. The number of carboxylic acid groups (broad SMARTS) is 1. The molecule has 0 aliphatic carbocycles. The Morgan fingerprint density at radius 2 is 1.91 bits per heavy atom. The minimum Gasteiger partial charge on any atom is -0.481 e. The van der Waals surface area contributed by atoms with Gasteiger partial charge in [-0.3, -0.25) is 4.79 Å². The van der Waals surface area contributed by atoms with Crippen LogP contribution in [0.5, 0.6) is 11.5 Å². The molecule has 0 aromatic heterocycles. The van der Waals surface area contributed by atoms with Gasteiger partial charge in [-0.05, 0) is 49.1 Å². The molecule has 1 N–H and O–H groups in total. The molecule has 2 rings (SSSR count). The van der Waals surface area contributed by atoms with E-state index in [1.807, 2.05) is 56.3 Å². The monoisotopic (exact) mass is 362 g/mol. The number of hydrogen-bond donors (Lipinski definition) is 1. The van der Waals surface area contributed by atoms with E-state index in [2.05, 4.69) is 15.9 Å². The molecule has 2 aromatic carbocycles. The van der Waals surface area contributed by atoms with Gasteiger partial charge in [-0.1, -0.05) is 41.1 Å². The highest BCUT2D eigenvalue weighted by atomic mass is 79.9. The lowest BCUT2D eigenvalue weighted by molar-refractivity contribution is -0.137. The maximum atomic E-state index is 10.7. The highest BCUT2D eigenvalue weighted by molar-refractivity contribution is 9.10. The molecule has 0 aliphatic rings. The van der Waals surface area contributed by atoms with Crippen molar-refractivity contribution < 1.29 is 14.6 Å². The van der Waals surface area contributed by atoms with Gasteiger partial charge in [0, 0.05) is 16.5 Å². The standard InChI is InChI=1S/C18H19BrO3/c1-12(11-18(20)21)10-14-6-8-15(9-7-14)22-17-5-3-4-16(19)13(17)2/h3-9,12H,10-11H2,1-2H3,(H,20,21). The van der Waals surface area contributed by atoms with Crippen molar-refractivity contribution in [3.05, 3.63) is 58.1 Å². The first-order valence-electron chi connectivity index (χ1n) is 7.19. The summed E-state index contributed by atoms with van der Waals surface area (Å²) in [5.74, 6) is 0.964. The van der Waals surface area contributed by atoms with Crippen molar-refractivity contribution in [3.8, 4) is 11.5 Å². The van der Waals surface area contributed by atoms with Gasteiger partial charge in [0.2, 0.25) is 0 Å². The van der Waals surface area contributed by atoms with Crippen molar-refractivity contribution in [3.63, 3.8) is 0 Å². The number of benzene rings is 2. The Morgan fingerprint density at radius 3 is 2.55 bits per heavy atom. The lowest BCUT2D eigenvalue weighted by Gasteiger charge is -2.12. The molecule has 0 heterocycles. The van der Waals surface area contributed by atoms with E-state index in [0.717, 1.165) is 33.5 Å². The number of halogens is 1. The van der Waals surface area contributed by atoms with Gasteiger partial charge in [0.15, 0.2) is 0 Å². The average molecular weight is 363 g/mol. The third-order valence-electron chi connectivity index (χ3n) is 3.48. The Hall–Kier alpha value is -1.81. The molecule has 0 radical (unpaired) electrons. The summed E-state index contributed by atoms with van der Waals surface area (Å²) in [6.07, 6.45) is 0.942. The number of hydrogen-bond acceptors (Lipinski definition) is 2. The summed E-state index contributed by atoms with van der Waals surface area (Å²) in [6.45, 7) is 3.95. The fourth-order valence-corrected chi connectivity index (χ4v) is 2.64. The van der Waals surface area contributed by atoms with Crippen LogP contribution in [0, 0.1) is 12.8 Å². The van der Waals surface area contributed by atoms with Gasteiger partial charge in [-0.2, -0.15) is 0 Å². The van der Waals surface area contributed by atoms with E-state index in [4.69, 9.17) is 9.84 Å². The Bertz CT molecular complexity index is 650. The Balaban J connectivity index is 2.03. The van der Waals surface area contributed by atoms with Crippen LogP contribution in [0.2, 0.25) is 0 Å². The van der Waals surface area contributed by atoms with E-state index in [1.165, 1.54) is 0 Å². The molecule has 0 amide bonds. The molecule has 2 aromatic rings. The van der Waals surface area contributed by atoms with Crippen LogP contribution < -0.4 is 4.74 Å². The van der Waals surface area contributed by atoms with Gasteiger partial charge < -0.3 is 9.84 Å². The van der Waals surface area contributed by atoms with Gasteiger partial charge in [0.25, 0.3) is 0 Å². The molecular formula is C18H19BrO3. The number of aliphatic carboxylic acids is 1. The molecule has 3 nitrogen and oxygen atoms in total. The summed E-state index contributed by atoms with van der Waals surface area (Å²) >= 11 is 3.49. The first-order valence-corrected chi connectivity index (χ1v) is 7.98. The predicted octanol–water partition coefficient (Wildman–Crippen LogP) is 5.20. The van der Waals surface area contributed by atoms with Gasteiger partial charge in [0.05, 0.1) is 0 Å². The van der Waals surface area contributed by atoms with E-state index < -0.39 is 5.97 Å². The van der Waals surface area contributed by atoms with Crippen LogP contribution in [0.3, 0.4) is 0 Å². The van der Waals surface area contributed by atoms with E-state index in [9.17, 15) is 4.79 Å². The number of ether oxygens (including phenoxy) is 1. The van der Waals surface area contributed by atoms with Crippen LogP contribution >= 0.6 is 15.9 Å². The van der Waals surface area contributed by atoms with Crippen LogP contribution in [0.25, 0.3) is 0 Å². The second-order valence-electron chi connectivity index (χ2n) is 5.52. The lowest BCUT2D eigenvalue weighted by Crippen LogP contribution is -2.06. The summed E-state index contributed by atoms with van der Waals surface area (Å²) < 4.78 is 6.91. The Kier molecular flexibility index (Phi) is 5.61. The van der Waals surface area contributed by atoms with Crippen LogP contribution in [0.1, 0.15) is 24.5 Å². The first kappa shape index (κ1) is 16.6. The topological polar surface area (TPSA) is 46.5 Å². The number of carboxylic acids is 1. The first-order chi connectivity index (χ1) is 10.5. The molecule has 1 unspecified atom stereocenters. The molecule has 0 fully saturated rings. The molecule has 0 saturated carbocycles. The second-order valence-corrected chi connectivity index (χ2v) is 6.37. The maximum Gasteiger partial charge on any atom is 0.303 e. The molecule has 0 bridgehead atoms. The fraction of sp³-hybridized carbons (Fsp3) is 0.278. The number of carbonyl (C=O) groups is 1. The van der Waals surface area contributed by atoms with E-state index in [1.54, 1.807) is 0 Å². The molecular weight excluding hydrogens is 344 g/mol. The maximum absolute atomic E-state index is 10.7. The second kappa shape index (κ2) is 7.45. The third kappa shape index (κ3) is 4.60. The highest BCUT2D eigenvalue weighted by Crippen LogP contribution is 2.30. The zero-order chi connectivity index (χ0) is 16.1. The molecule has 0 spiro atoms. The van der Waals surface area contributed by atoms with Gasteiger partial charge in [-0.15, -0.1) is 0 Å².